The van der Waals surface area contributed by atoms with Gasteiger partial charge in [-0.15, -0.1) is 0 Å². The van der Waals surface area contributed by atoms with E-state index in [0.29, 0.717) is 12.4 Å². The van der Waals surface area contributed by atoms with E-state index in [0.717, 1.165) is 17.2 Å². The highest BCUT2D eigenvalue weighted by Crippen LogP contribution is 2.38. The van der Waals surface area contributed by atoms with Gasteiger partial charge in [0.1, 0.15) is 5.82 Å². The number of anilines is 1. The van der Waals surface area contributed by atoms with Crippen LogP contribution in [0.2, 0.25) is 13.1 Å². The van der Waals surface area contributed by atoms with Gasteiger partial charge in [-0.25, -0.2) is 9.78 Å². The van der Waals surface area contributed by atoms with Crippen molar-refractivity contribution in [1.82, 2.24) is 4.98 Å². The van der Waals surface area contributed by atoms with Crippen LogP contribution in [0.5, 0.6) is 0 Å². The molecule has 1 radical (unpaired) electrons. The molecule has 135 valence electrons. The number of aromatic nitrogens is 1. The molecule has 6 heteroatoms. The van der Waals surface area contributed by atoms with Crippen LogP contribution in [0.3, 0.4) is 0 Å². The summed E-state index contributed by atoms with van der Waals surface area (Å²) in [4.78, 5) is 17.4. The highest BCUT2D eigenvalue weighted by atomic mass is 28.3. The molecule has 1 heterocycles. The zero-order valence-corrected chi connectivity index (χ0v) is 17.3. The number of carboxylic acid groups (broad SMARTS) is 1. The summed E-state index contributed by atoms with van der Waals surface area (Å²) in [6, 6.07) is 3.74. The average Bonchev–Trinajstić information content (AvgIpc) is 2.40. The van der Waals surface area contributed by atoms with Crippen LogP contribution >= 0.6 is 0 Å². The number of rotatable bonds is 6. The smallest absolute Gasteiger partial charge is 0.413 e. The van der Waals surface area contributed by atoms with E-state index in [1.54, 1.807) is 6.07 Å². The normalized spacial score (nSPS) is 13.4. The van der Waals surface area contributed by atoms with Gasteiger partial charge in [-0.1, -0.05) is 40.7 Å². The minimum atomic E-state index is -1.22. The molecule has 0 aliphatic rings. The molecular weight excluding hydrogens is 320 g/mol. The number of pyridine rings is 1. The first-order valence-electron chi connectivity index (χ1n) is 8.36. The van der Waals surface area contributed by atoms with Crippen molar-refractivity contribution < 1.29 is 14.3 Å². The molecule has 1 atom stereocenters. The molecule has 1 unspecified atom stereocenters. The summed E-state index contributed by atoms with van der Waals surface area (Å²) in [6.45, 7) is 16.9. The number of carbonyl (C=O) groups is 1. The number of aryl methyl sites for hydroxylation is 1. The Morgan fingerprint density at radius 1 is 1.33 bits per heavy atom. The summed E-state index contributed by atoms with van der Waals surface area (Å²) in [5, 5.41) is 9.45. The van der Waals surface area contributed by atoms with E-state index >= 15 is 0 Å². The van der Waals surface area contributed by atoms with Crippen molar-refractivity contribution in [1.29, 1.82) is 0 Å². The molecule has 0 aromatic carbocycles. The summed E-state index contributed by atoms with van der Waals surface area (Å²) >= 11 is 0. The standard InChI is InChI=1S/C18H31N2O3Si/c1-12(2)11-20(17(21)22)15-10-9-14(13(3)19-15)16(18(4,5)6)23-24(7)8/h9-10,16,24H,11H2,1-8H3,(H,21,22). The van der Waals surface area contributed by atoms with Crippen LogP contribution in [0, 0.1) is 18.3 Å². The first-order chi connectivity index (χ1) is 10.9. The third-order valence-corrected chi connectivity index (χ3v) is 4.39. The lowest BCUT2D eigenvalue weighted by atomic mass is 9.84. The Hall–Kier alpha value is -1.40. The van der Waals surface area contributed by atoms with E-state index in [2.05, 4.69) is 38.8 Å². The molecule has 1 amide bonds. The molecule has 1 aromatic rings. The summed E-state index contributed by atoms with van der Waals surface area (Å²) in [7, 11) is -1.22. The van der Waals surface area contributed by atoms with Crippen LogP contribution in [0.1, 0.15) is 52.0 Å². The molecule has 1 rings (SSSR count). The molecule has 24 heavy (non-hydrogen) atoms. The van der Waals surface area contributed by atoms with Gasteiger partial charge >= 0.3 is 6.09 Å². The van der Waals surface area contributed by atoms with E-state index in [1.165, 1.54) is 4.90 Å². The first kappa shape index (κ1) is 20.6. The predicted octanol–water partition coefficient (Wildman–Crippen LogP) is 4.58. The summed E-state index contributed by atoms with van der Waals surface area (Å²) < 4.78 is 6.26. The van der Waals surface area contributed by atoms with Crippen molar-refractivity contribution in [3.63, 3.8) is 0 Å². The third-order valence-electron chi connectivity index (χ3n) is 3.57. The van der Waals surface area contributed by atoms with Crippen molar-refractivity contribution in [2.45, 2.75) is 60.7 Å². The fraction of sp³-hybridized carbons (Fsp3) is 0.611. The van der Waals surface area contributed by atoms with Crippen molar-refractivity contribution in [2.75, 3.05) is 11.4 Å². The van der Waals surface area contributed by atoms with Crippen molar-refractivity contribution >= 4 is 21.0 Å². The fourth-order valence-corrected chi connectivity index (χ4v) is 3.66. The van der Waals surface area contributed by atoms with Crippen LogP contribution in [0.25, 0.3) is 0 Å². The molecule has 1 aromatic heterocycles. The number of amides is 1. The fourth-order valence-electron chi connectivity index (χ4n) is 2.56. The van der Waals surface area contributed by atoms with Gasteiger partial charge in [0.2, 0.25) is 0 Å². The van der Waals surface area contributed by atoms with Crippen LogP contribution in [-0.2, 0) is 4.43 Å². The second-order valence-electron chi connectivity index (χ2n) is 7.85. The van der Waals surface area contributed by atoms with Gasteiger partial charge in [0.25, 0.3) is 0 Å². The maximum atomic E-state index is 11.5. The van der Waals surface area contributed by atoms with Gasteiger partial charge in [-0.05, 0) is 37.4 Å². The lowest BCUT2D eigenvalue weighted by Crippen LogP contribution is -2.33. The lowest BCUT2D eigenvalue weighted by Gasteiger charge is -2.34. The first-order valence-corrected chi connectivity index (χ1v) is 11.1. The minimum Gasteiger partial charge on any atom is -0.465 e. The van der Waals surface area contributed by atoms with E-state index in [-0.39, 0.29) is 11.5 Å². The summed E-state index contributed by atoms with van der Waals surface area (Å²) in [5.41, 5.74) is 1.81. The van der Waals surface area contributed by atoms with Crippen molar-refractivity contribution in [3.8, 4) is 0 Å². The van der Waals surface area contributed by atoms with Crippen LogP contribution in [0.4, 0.5) is 10.6 Å². The van der Waals surface area contributed by atoms with E-state index in [1.807, 2.05) is 26.8 Å². The molecule has 0 aliphatic heterocycles. The maximum Gasteiger partial charge on any atom is 0.413 e. The van der Waals surface area contributed by atoms with E-state index in [4.69, 9.17) is 4.43 Å². The Kier molecular flexibility index (Phi) is 6.98. The van der Waals surface area contributed by atoms with E-state index in [9.17, 15) is 9.90 Å². The predicted molar refractivity (Wildman–Crippen MR) is 101 cm³/mol. The van der Waals surface area contributed by atoms with Gasteiger partial charge in [-0.3, -0.25) is 4.90 Å². The summed E-state index contributed by atoms with van der Waals surface area (Å²) in [5.74, 6) is 1.47. The highest BCUT2D eigenvalue weighted by Gasteiger charge is 2.30. The zero-order chi connectivity index (χ0) is 18.7. The molecule has 5 nitrogen and oxygen atoms in total. The van der Waals surface area contributed by atoms with Gasteiger partial charge in [0.05, 0.1) is 6.10 Å². The zero-order valence-electron chi connectivity index (χ0n) is 16.2. The van der Waals surface area contributed by atoms with Gasteiger partial charge in [0, 0.05) is 17.8 Å². The number of hydrogen-bond donors (Lipinski definition) is 1. The molecule has 0 aliphatic carbocycles. The molecule has 1 N–H and O–H groups in total. The molecular formula is C18H31N2O3Si. The third kappa shape index (κ3) is 5.60. The second kappa shape index (κ2) is 8.12. The minimum absolute atomic E-state index is 0.0385. The topological polar surface area (TPSA) is 62.7 Å². The van der Waals surface area contributed by atoms with E-state index < -0.39 is 15.1 Å². The van der Waals surface area contributed by atoms with Gasteiger partial charge < -0.3 is 9.53 Å². The van der Waals surface area contributed by atoms with Gasteiger partial charge in [-0.2, -0.15) is 0 Å². The van der Waals surface area contributed by atoms with Crippen LogP contribution < -0.4 is 4.90 Å². The average molecular weight is 352 g/mol. The Balaban J connectivity index is 3.23. The molecule has 0 saturated carbocycles. The second-order valence-corrected chi connectivity index (χ2v) is 10.2. The van der Waals surface area contributed by atoms with Crippen LogP contribution in [0.15, 0.2) is 12.1 Å². The Morgan fingerprint density at radius 3 is 2.29 bits per heavy atom. The Bertz CT molecular complexity index is 568. The molecule has 0 bridgehead atoms. The highest BCUT2D eigenvalue weighted by molar-refractivity contribution is 6.48. The van der Waals surface area contributed by atoms with Crippen molar-refractivity contribution in [3.05, 3.63) is 29.3 Å². The molecule has 0 spiro atoms. The van der Waals surface area contributed by atoms with Crippen molar-refractivity contribution in [2.24, 2.45) is 5.41 Å². The Labute approximate surface area is 147 Å². The monoisotopic (exact) mass is 351 g/mol. The number of hydrogen-bond acceptors (Lipinski definition) is 3. The molecule has 0 fully saturated rings. The Morgan fingerprint density at radius 2 is 1.92 bits per heavy atom. The summed E-state index contributed by atoms with van der Waals surface area (Å²) in [6.07, 6.45) is -1.03. The SMILES string of the molecule is C[C](C)CN(C(=O)O)c1ccc(C(O[SiH](C)C)C(C)(C)C)c(C)n1. The quantitative estimate of drug-likeness (QED) is 0.762. The largest absolute Gasteiger partial charge is 0.465 e. The van der Waals surface area contributed by atoms with Gasteiger partial charge in [0.15, 0.2) is 9.04 Å². The number of nitrogens with zero attached hydrogens (tertiary/aromatic N) is 2. The maximum absolute atomic E-state index is 11.5. The molecule has 0 saturated heterocycles. The van der Waals surface area contributed by atoms with Crippen LogP contribution in [-0.4, -0.2) is 31.8 Å². The lowest BCUT2D eigenvalue weighted by molar-refractivity contribution is 0.0857.